The van der Waals surface area contributed by atoms with Gasteiger partial charge in [-0.15, -0.1) is 0 Å². The molecule has 0 saturated carbocycles. The van der Waals surface area contributed by atoms with Crippen molar-refractivity contribution in [2.45, 2.75) is 18.9 Å². The van der Waals surface area contributed by atoms with E-state index in [1.807, 2.05) is 0 Å². The third kappa shape index (κ3) is 3.40. The number of halogens is 1. The van der Waals surface area contributed by atoms with Crippen LogP contribution in [-0.2, 0) is 9.53 Å². The van der Waals surface area contributed by atoms with Gasteiger partial charge in [0.05, 0.1) is 13.8 Å². The summed E-state index contributed by atoms with van der Waals surface area (Å²) in [6.07, 6.45) is -0.847. The molecule has 0 aliphatic rings. The molecule has 0 spiro atoms. The van der Waals surface area contributed by atoms with Crippen molar-refractivity contribution in [2.75, 3.05) is 13.8 Å². The summed E-state index contributed by atoms with van der Waals surface area (Å²) >= 11 is 0. The maximum atomic E-state index is 11.5. The molecule has 4 heteroatoms. The van der Waals surface area contributed by atoms with Crippen molar-refractivity contribution >= 4 is 5.97 Å². The van der Waals surface area contributed by atoms with Gasteiger partial charge in [-0.3, -0.25) is 4.39 Å². The van der Waals surface area contributed by atoms with Crippen molar-refractivity contribution in [1.29, 1.82) is 0 Å². The van der Waals surface area contributed by atoms with Gasteiger partial charge in [0.2, 0.25) is 0 Å². The molecule has 0 fully saturated rings. The fraction of sp³-hybridized carbons (Fsp3) is 0.833. The van der Waals surface area contributed by atoms with Crippen molar-refractivity contribution in [1.82, 2.24) is 0 Å². The van der Waals surface area contributed by atoms with Crippen LogP contribution in [0.5, 0.6) is 0 Å². The Labute approximate surface area is 58.8 Å². The van der Waals surface area contributed by atoms with E-state index in [1.54, 1.807) is 0 Å². The Morgan fingerprint density at radius 2 is 2.40 bits per heavy atom. The number of esters is 1. The number of carbonyl (C=O) groups is 1. The lowest BCUT2D eigenvalue weighted by Gasteiger charge is -2.04. The number of carbonyl (C=O) groups excluding carboxylic acids is 1. The molecule has 0 rings (SSSR count). The molecule has 10 heavy (non-hydrogen) atoms. The van der Waals surface area contributed by atoms with Gasteiger partial charge in [0.1, 0.15) is 0 Å². The van der Waals surface area contributed by atoms with Gasteiger partial charge in [-0.2, -0.15) is 0 Å². The van der Waals surface area contributed by atoms with E-state index in [0.29, 0.717) is 0 Å². The zero-order valence-electron chi connectivity index (χ0n) is 5.84. The van der Waals surface area contributed by atoms with Crippen LogP contribution in [0.25, 0.3) is 0 Å². The van der Waals surface area contributed by atoms with E-state index in [-0.39, 0.29) is 12.8 Å². The van der Waals surface area contributed by atoms with Gasteiger partial charge in [0.15, 0.2) is 6.10 Å². The van der Waals surface area contributed by atoms with Gasteiger partial charge in [-0.1, -0.05) is 0 Å². The second-order valence-electron chi connectivity index (χ2n) is 1.87. The van der Waals surface area contributed by atoms with Crippen molar-refractivity contribution in [3.8, 4) is 0 Å². The van der Waals surface area contributed by atoms with E-state index in [4.69, 9.17) is 5.11 Å². The summed E-state index contributed by atoms with van der Waals surface area (Å²) in [6.45, 7) is -0.520. The number of aliphatic hydroxyl groups excluding tert-OH is 1. The van der Waals surface area contributed by atoms with E-state index >= 15 is 0 Å². The van der Waals surface area contributed by atoms with E-state index in [2.05, 4.69) is 4.74 Å². The minimum Gasteiger partial charge on any atom is -0.467 e. The standard InChI is InChI=1S/C6H11FO3/c1-10-6(9)5(8)3-2-4-7/h5,8H,2-4H2,1H3. The summed E-state index contributed by atoms with van der Waals surface area (Å²) in [7, 11) is 1.18. The minimum atomic E-state index is -1.17. The molecule has 0 aromatic rings. The molecular weight excluding hydrogens is 139 g/mol. The number of aliphatic hydroxyl groups is 1. The van der Waals surface area contributed by atoms with Crippen LogP contribution in [0.2, 0.25) is 0 Å². The summed E-state index contributed by atoms with van der Waals surface area (Å²) < 4.78 is 15.7. The quantitative estimate of drug-likeness (QED) is 0.585. The third-order valence-electron chi connectivity index (χ3n) is 1.08. The maximum Gasteiger partial charge on any atom is 0.334 e. The van der Waals surface area contributed by atoms with Crippen LogP contribution in [-0.4, -0.2) is 31.0 Å². The van der Waals surface area contributed by atoms with E-state index < -0.39 is 18.7 Å². The fourth-order valence-electron chi connectivity index (χ4n) is 0.524. The van der Waals surface area contributed by atoms with E-state index in [0.717, 1.165) is 0 Å². The van der Waals surface area contributed by atoms with Crippen molar-refractivity contribution in [3.05, 3.63) is 0 Å². The van der Waals surface area contributed by atoms with Crippen LogP contribution in [0.3, 0.4) is 0 Å². The number of hydrogen-bond donors (Lipinski definition) is 1. The van der Waals surface area contributed by atoms with Crippen LogP contribution in [0, 0.1) is 0 Å². The van der Waals surface area contributed by atoms with Gasteiger partial charge >= 0.3 is 5.97 Å². The molecule has 0 aliphatic heterocycles. The van der Waals surface area contributed by atoms with Gasteiger partial charge in [-0.25, -0.2) is 4.79 Å². The highest BCUT2D eigenvalue weighted by molar-refractivity contribution is 5.74. The van der Waals surface area contributed by atoms with Crippen LogP contribution in [0.1, 0.15) is 12.8 Å². The van der Waals surface area contributed by atoms with Gasteiger partial charge in [0.25, 0.3) is 0 Å². The molecule has 1 N–H and O–H groups in total. The SMILES string of the molecule is COC(=O)C(O)CCCF. The lowest BCUT2D eigenvalue weighted by molar-refractivity contribution is -0.150. The summed E-state index contributed by atoms with van der Waals surface area (Å²) in [6, 6.07) is 0. The number of methoxy groups -OCH3 is 1. The monoisotopic (exact) mass is 150 g/mol. The Balaban J connectivity index is 3.41. The smallest absolute Gasteiger partial charge is 0.334 e. The van der Waals surface area contributed by atoms with Gasteiger partial charge in [-0.05, 0) is 12.8 Å². The molecule has 3 nitrogen and oxygen atoms in total. The Morgan fingerprint density at radius 3 is 2.80 bits per heavy atom. The second kappa shape index (κ2) is 5.17. The Bertz CT molecular complexity index is 105. The minimum absolute atomic E-state index is 0.128. The van der Waals surface area contributed by atoms with E-state index in [9.17, 15) is 9.18 Å². The van der Waals surface area contributed by atoms with Crippen molar-refractivity contribution in [2.24, 2.45) is 0 Å². The largest absolute Gasteiger partial charge is 0.467 e. The average molecular weight is 150 g/mol. The van der Waals surface area contributed by atoms with Crippen LogP contribution in [0.15, 0.2) is 0 Å². The highest BCUT2D eigenvalue weighted by Crippen LogP contribution is 1.98. The van der Waals surface area contributed by atoms with Crippen LogP contribution in [0.4, 0.5) is 4.39 Å². The number of ether oxygens (including phenoxy) is 1. The average Bonchev–Trinajstić information content (AvgIpc) is 1.98. The molecule has 60 valence electrons. The maximum absolute atomic E-state index is 11.5. The molecule has 0 aliphatic carbocycles. The first-order valence-corrected chi connectivity index (χ1v) is 3.04. The molecule has 0 saturated heterocycles. The predicted octanol–water partition coefficient (Wildman–Crippen LogP) is 0.270. The molecular formula is C6H11FO3. The molecule has 0 aromatic carbocycles. The number of alkyl halides is 1. The van der Waals surface area contributed by atoms with Gasteiger partial charge < -0.3 is 9.84 Å². The van der Waals surface area contributed by atoms with E-state index in [1.165, 1.54) is 7.11 Å². The Kier molecular flexibility index (Phi) is 4.84. The van der Waals surface area contributed by atoms with Crippen molar-refractivity contribution in [3.63, 3.8) is 0 Å². The molecule has 0 amide bonds. The normalized spacial score (nSPS) is 12.7. The summed E-state index contributed by atoms with van der Waals surface area (Å²) in [4.78, 5) is 10.4. The molecule has 0 bridgehead atoms. The van der Waals surface area contributed by atoms with Crippen LogP contribution < -0.4 is 0 Å². The van der Waals surface area contributed by atoms with Gasteiger partial charge in [0, 0.05) is 0 Å². The molecule has 0 heterocycles. The second-order valence-corrected chi connectivity index (χ2v) is 1.87. The first-order valence-electron chi connectivity index (χ1n) is 3.04. The van der Waals surface area contributed by atoms with Crippen LogP contribution >= 0.6 is 0 Å². The van der Waals surface area contributed by atoms with Crippen molar-refractivity contribution < 1.29 is 19.0 Å². The zero-order valence-corrected chi connectivity index (χ0v) is 5.84. The number of hydrogen-bond acceptors (Lipinski definition) is 3. The number of rotatable bonds is 4. The first kappa shape index (κ1) is 9.36. The topological polar surface area (TPSA) is 46.5 Å². The lowest BCUT2D eigenvalue weighted by atomic mass is 10.2. The molecule has 0 aromatic heterocycles. The highest BCUT2D eigenvalue weighted by Gasteiger charge is 2.13. The Hall–Kier alpha value is -0.640. The summed E-state index contributed by atoms with van der Waals surface area (Å²) in [5.41, 5.74) is 0. The molecule has 1 unspecified atom stereocenters. The third-order valence-corrected chi connectivity index (χ3v) is 1.08. The first-order chi connectivity index (χ1) is 4.72. The Morgan fingerprint density at radius 1 is 1.80 bits per heavy atom. The fourth-order valence-corrected chi connectivity index (χ4v) is 0.524. The molecule has 1 atom stereocenters. The predicted molar refractivity (Wildman–Crippen MR) is 33.2 cm³/mol. The summed E-state index contributed by atoms with van der Waals surface area (Å²) in [5, 5.41) is 8.81. The zero-order chi connectivity index (χ0) is 7.98. The summed E-state index contributed by atoms with van der Waals surface area (Å²) in [5.74, 6) is -0.701. The molecule has 0 radical (unpaired) electrons. The lowest BCUT2D eigenvalue weighted by Crippen LogP contribution is -2.21. The highest BCUT2D eigenvalue weighted by atomic mass is 19.1.